The van der Waals surface area contributed by atoms with E-state index in [2.05, 4.69) is 106 Å². The molecule has 0 saturated carbocycles. The third-order valence-electron chi connectivity index (χ3n) is 11.4. The van der Waals surface area contributed by atoms with Gasteiger partial charge in [-0.1, -0.05) is 221 Å². The summed E-state index contributed by atoms with van der Waals surface area (Å²) in [4.78, 5) is 37.9. The lowest BCUT2D eigenvalue weighted by Gasteiger charge is -2.18. The first-order valence-electron chi connectivity index (χ1n) is 27.1. The number of hydrogen-bond donors (Lipinski definition) is 0. The second-order valence-electron chi connectivity index (χ2n) is 17.8. The van der Waals surface area contributed by atoms with Crippen molar-refractivity contribution in [1.82, 2.24) is 0 Å². The van der Waals surface area contributed by atoms with Crippen LogP contribution in [-0.2, 0) is 28.6 Å². The van der Waals surface area contributed by atoms with Gasteiger partial charge in [-0.05, 0) is 96.3 Å². The standard InChI is InChI=1S/C59H100O6/c1-4-7-10-13-16-19-21-23-25-27-28-29-30-31-32-33-35-36-38-40-43-46-49-52-58(61)64-55-56(54-63-57(60)51-48-45-42-18-15-12-9-6-3)65-59(62)53-50-47-44-41-39-37-34-26-24-22-20-17-14-11-8-5-2/h7,10,16,19-20,22-23,25-26,28-29,31-32,34,56H,4-6,8-9,11-15,17-18,21,24,27,30,33,35-55H2,1-3H3/b10-7-,19-16-,22-20-,25-23-,29-28-,32-31-,34-26-. The second-order valence-corrected chi connectivity index (χ2v) is 17.8. The Bertz CT molecular complexity index is 1270. The highest BCUT2D eigenvalue weighted by Crippen LogP contribution is 2.14. The number of esters is 3. The van der Waals surface area contributed by atoms with Gasteiger partial charge in [0.15, 0.2) is 6.10 Å². The van der Waals surface area contributed by atoms with Gasteiger partial charge in [-0.3, -0.25) is 14.4 Å². The summed E-state index contributed by atoms with van der Waals surface area (Å²) in [6.45, 7) is 6.46. The molecule has 0 saturated heterocycles. The van der Waals surface area contributed by atoms with E-state index in [1.807, 2.05) is 0 Å². The minimum absolute atomic E-state index is 0.0851. The van der Waals surface area contributed by atoms with Gasteiger partial charge in [-0.25, -0.2) is 0 Å². The van der Waals surface area contributed by atoms with E-state index in [1.165, 1.54) is 89.9 Å². The second kappa shape index (κ2) is 53.2. The molecule has 0 aromatic rings. The average molecular weight is 905 g/mol. The van der Waals surface area contributed by atoms with E-state index < -0.39 is 6.10 Å². The molecule has 0 amide bonds. The van der Waals surface area contributed by atoms with Gasteiger partial charge in [0.1, 0.15) is 13.2 Å². The lowest BCUT2D eigenvalue weighted by molar-refractivity contribution is -0.167. The van der Waals surface area contributed by atoms with E-state index in [1.54, 1.807) is 0 Å². The van der Waals surface area contributed by atoms with Crippen LogP contribution in [0.3, 0.4) is 0 Å². The molecule has 0 aliphatic rings. The maximum absolute atomic E-state index is 12.8. The Morgan fingerprint density at radius 2 is 0.600 bits per heavy atom. The van der Waals surface area contributed by atoms with Gasteiger partial charge in [0.25, 0.3) is 0 Å². The Morgan fingerprint density at radius 3 is 0.954 bits per heavy atom. The van der Waals surface area contributed by atoms with Crippen LogP contribution in [-0.4, -0.2) is 37.2 Å². The number of carbonyl (C=O) groups excluding carboxylic acids is 3. The van der Waals surface area contributed by atoms with Gasteiger partial charge in [-0.2, -0.15) is 0 Å². The molecule has 6 heteroatoms. The fourth-order valence-electron chi connectivity index (χ4n) is 7.32. The maximum Gasteiger partial charge on any atom is 0.306 e. The van der Waals surface area contributed by atoms with Crippen LogP contribution in [0.15, 0.2) is 85.1 Å². The molecule has 0 aromatic carbocycles. The first kappa shape index (κ1) is 61.6. The normalized spacial score (nSPS) is 12.7. The van der Waals surface area contributed by atoms with Crippen LogP contribution in [0.25, 0.3) is 0 Å². The summed E-state index contributed by atoms with van der Waals surface area (Å²) in [7, 11) is 0. The fraction of sp³-hybridized carbons (Fsp3) is 0.712. The van der Waals surface area contributed by atoms with Gasteiger partial charge in [0.2, 0.25) is 0 Å². The molecular weight excluding hydrogens is 805 g/mol. The number of rotatable bonds is 48. The van der Waals surface area contributed by atoms with E-state index in [9.17, 15) is 14.4 Å². The molecule has 0 rings (SSSR count). The van der Waals surface area contributed by atoms with Crippen LogP contribution in [0.5, 0.6) is 0 Å². The van der Waals surface area contributed by atoms with E-state index in [-0.39, 0.29) is 31.1 Å². The molecule has 0 heterocycles. The number of carbonyl (C=O) groups is 3. The molecule has 372 valence electrons. The van der Waals surface area contributed by atoms with Crippen molar-refractivity contribution in [2.24, 2.45) is 0 Å². The molecule has 0 radical (unpaired) electrons. The van der Waals surface area contributed by atoms with Crippen LogP contribution in [0.1, 0.15) is 252 Å². The molecule has 0 fully saturated rings. The summed E-state index contributed by atoms with van der Waals surface area (Å²) in [5, 5.41) is 0. The zero-order valence-electron chi connectivity index (χ0n) is 42.5. The number of ether oxygens (including phenoxy) is 3. The predicted molar refractivity (Wildman–Crippen MR) is 279 cm³/mol. The highest BCUT2D eigenvalue weighted by atomic mass is 16.6. The topological polar surface area (TPSA) is 78.9 Å². The first-order valence-corrected chi connectivity index (χ1v) is 27.1. The van der Waals surface area contributed by atoms with Gasteiger partial charge >= 0.3 is 17.9 Å². The molecule has 0 N–H and O–H groups in total. The predicted octanol–water partition coefficient (Wildman–Crippen LogP) is 18.0. The Morgan fingerprint density at radius 1 is 0.323 bits per heavy atom. The van der Waals surface area contributed by atoms with Crippen molar-refractivity contribution in [3.8, 4) is 0 Å². The number of allylic oxidation sites excluding steroid dienone is 14. The molecule has 65 heavy (non-hydrogen) atoms. The van der Waals surface area contributed by atoms with Crippen molar-refractivity contribution in [2.75, 3.05) is 13.2 Å². The SMILES string of the molecule is CC/C=C\C/C=C\C/C=C\C/C=C\C/C=C\CCCCCCCCCC(=O)OCC(COC(=O)CCCCCCCCCC)OC(=O)CCCCCCC/C=C\C/C=C\CCCCCC. The maximum atomic E-state index is 12.8. The highest BCUT2D eigenvalue weighted by Gasteiger charge is 2.19. The monoisotopic (exact) mass is 905 g/mol. The van der Waals surface area contributed by atoms with Crippen LogP contribution < -0.4 is 0 Å². The summed E-state index contributed by atoms with van der Waals surface area (Å²) < 4.78 is 16.8. The van der Waals surface area contributed by atoms with E-state index >= 15 is 0 Å². The highest BCUT2D eigenvalue weighted by molar-refractivity contribution is 5.71. The molecule has 0 aliphatic heterocycles. The third kappa shape index (κ3) is 51.4. The smallest absolute Gasteiger partial charge is 0.306 e. The van der Waals surface area contributed by atoms with Crippen molar-refractivity contribution in [1.29, 1.82) is 0 Å². The van der Waals surface area contributed by atoms with Crippen LogP contribution in [0.2, 0.25) is 0 Å². The zero-order chi connectivity index (χ0) is 47.2. The Hall–Kier alpha value is -3.41. The zero-order valence-corrected chi connectivity index (χ0v) is 42.5. The van der Waals surface area contributed by atoms with E-state index in [0.717, 1.165) is 122 Å². The quantitative estimate of drug-likeness (QED) is 0.0262. The van der Waals surface area contributed by atoms with E-state index in [0.29, 0.717) is 19.3 Å². The van der Waals surface area contributed by atoms with Gasteiger partial charge in [-0.15, -0.1) is 0 Å². The van der Waals surface area contributed by atoms with E-state index in [4.69, 9.17) is 14.2 Å². The van der Waals surface area contributed by atoms with Crippen molar-refractivity contribution in [3.63, 3.8) is 0 Å². The Kier molecular flexibility index (Phi) is 50.4. The summed E-state index contributed by atoms with van der Waals surface area (Å²) >= 11 is 0. The Labute approximate surface area is 401 Å². The summed E-state index contributed by atoms with van der Waals surface area (Å²) in [6, 6.07) is 0. The lowest BCUT2D eigenvalue weighted by Crippen LogP contribution is -2.30. The molecule has 0 aromatic heterocycles. The third-order valence-corrected chi connectivity index (χ3v) is 11.4. The van der Waals surface area contributed by atoms with Gasteiger partial charge < -0.3 is 14.2 Å². The van der Waals surface area contributed by atoms with Crippen molar-refractivity contribution in [3.05, 3.63) is 85.1 Å². The van der Waals surface area contributed by atoms with Crippen LogP contribution in [0.4, 0.5) is 0 Å². The van der Waals surface area contributed by atoms with Crippen molar-refractivity contribution >= 4 is 17.9 Å². The summed E-state index contributed by atoms with van der Waals surface area (Å²) in [5.41, 5.74) is 0. The van der Waals surface area contributed by atoms with Gasteiger partial charge in [0.05, 0.1) is 0 Å². The molecule has 0 spiro atoms. The lowest BCUT2D eigenvalue weighted by atomic mass is 10.1. The molecule has 1 unspecified atom stereocenters. The minimum atomic E-state index is -0.786. The van der Waals surface area contributed by atoms with Crippen molar-refractivity contribution in [2.45, 2.75) is 258 Å². The van der Waals surface area contributed by atoms with Crippen LogP contribution in [0, 0.1) is 0 Å². The Balaban J connectivity index is 4.30. The summed E-state index contributed by atoms with van der Waals surface area (Å²) in [5.74, 6) is -0.913. The fourth-order valence-corrected chi connectivity index (χ4v) is 7.32. The largest absolute Gasteiger partial charge is 0.462 e. The molecule has 6 nitrogen and oxygen atoms in total. The van der Waals surface area contributed by atoms with Gasteiger partial charge in [0, 0.05) is 19.3 Å². The summed E-state index contributed by atoms with van der Waals surface area (Å²) in [6.07, 6.45) is 68.6. The molecule has 0 bridgehead atoms. The number of hydrogen-bond acceptors (Lipinski definition) is 6. The molecular formula is C59H100O6. The molecule has 0 aliphatic carbocycles. The number of unbranched alkanes of at least 4 members (excludes halogenated alkanes) is 23. The van der Waals surface area contributed by atoms with Crippen molar-refractivity contribution < 1.29 is 28.6 Å². The van der Waals surface area contributed by atoms with Crippen LogP contribution >= 0.6 is 0 Å². The average Bonchev–Trinajstić information content (AvgIpc) is 3.30. The first-order chi connectivity index (χ1) is 32.0. The molecule has 1 atom stereocenters. The minimum Gasteiger partial charge on any atom is -0.462 e.